The van der Waals surface area contributed by atoms with Crippen LogP contribution >= 0.6 is 0 Å². The Labute approximate surface area is 102 Å². The molecule has 0 unspecified atom stereocenters. The molecule has 18 heavy (non-hydrogen) atoms. The summed E-state index contributed by atoms with van der Waals surface area (Å²) in [5, 5.41) is 8.55. The number of ketones is 1. The van der Waals surface area contributed by atoms with Crippen LogP contribution in [0.3, 0.4) is 0 Å². The Bertz CT molecular complexity index is 446. The Morgan fingerprint density at radius 3 is 2.39 bits per heavy atom. The summed E-state index contributed by atoms with van der Waals surface area (Å²) in [6, 6.07) is 7.69. The first-order valence-electron chi connectivity index (χ1n) is 5.10. The fourth-order valence-corrected chi connectivity index (χ4v) is 1.17. The quantitative estimate of drug-likeness (QED) is 0.602. The maximum Gasteiger partial charge on any atom is 0.391 e. The van der Waals surface area contributed by atoms with Gasteiger partial charge in [0.05, 0.1) is 24.7 Å². The molecule has 96 valence electrons. The molecule has 0 spiro atoms. The molecule has 0 saturated heterocycles. The van der Waals surface area contributed by atoms with Crippen LogP contribution in [0.25, 0.3) is 0 Å². The van der Waals surface area contributed by atoms with Gasteiger partial charge >= 0.3 is 6.18 Å². The molecule has 0 saturated carbocycles. The van der Waals surface area contributed by atoms with Crippen molar-refractivity contribution >= 4 is 5.78 Å². The zero-order chi connectivity index (χ0) is 13.6. The normalized spacial score (nSPS) is 11.0. The van der Waals surface area contributed by atoms with Crippen LogP contribution in [0.2, 0.25) is 0 Å². The van der Waals surface area contributed by atoms with Crippen LogP contribution in [-0.4, -0.2) is 25.2 Å². The Balaban J connectivity index is 2.39. The van der Waals surface area contributed by atoms with Gasteiger partial charge in [0.25, 0.3) is 0 Å². The Kier molecular flexibility index (Phi) is 4.86. The lowest BCUT2D eigenvalue weighted by molar-refractivity contribution is -0.144. The molecule has 0 atom stereocenters. The molecule has 1 aromatic rings. The molecule has 0 fully saturated rings. The van der Waals surface area contributed by atoms with Crippen LogP contribution in [0.4, 0.5) is 13.2 Å². The Morgan fingerprint density at radius 1 is 1.28 bits per heavy atom. The molecule has 0 bridgehead atoms. The van der Waals surface area contributed by atoms with E-state index < -0.39 is 31.6 Å². The van der Waals surface area contributed by atoms with Crippen molar-refractivity contribution < 1.29 is 22.7 Å². The third-order valence-electron chi connectivity index (χ3n) is 2.10. The number of nitrogens with zero attached hydrogens (tertiary/aromatic N) is 1. The number of carbonyl (C=O) groups excluding carboxylic acids is 1. The summed E-state index contributed by atoms with van der Waals surface area (Å²) in [4.78, 5) is 11.5. The highest BCUT2D eigenvalue weighted by Crippen LogP contribution is 2.19. The molecular formula is C12H10F3NO2. The van der Waals surface area contributed by atoms with Crippen LogP contribution in [0.1, 0.15) is 22.3 Å². The number of rotatable bonds is 5. The number of hydrogen-bond acceptors (Lipinski definition) is 3. The highest BCUT2D eigenvalue weighted by Gasteiger charge is 2.26. The molecular weight excluding hydrogens is 247 g/mol. The highest BCUT2D eigenvalue weighted by atomic mass is 19.4. The minimum absolute atomic E-state index is 0.306. The number of alkyl halides is 3. The smallest absolute Gasteiger partial charge is 0.373 e. The highest BCUT2D eigenvalue weighted by molar-refractivity contribution is 5.97. The third kappa shape index (κ3) is 4.97. The minimum atomic E-state index is -4.28. The monoisotopic (exact) mass is 257 g/mol. The molecule has 0 aliphatic heterocycles. The van der Waals surface area contributed by atoms with Crippen molar-refractivity contribution in [3.63, 3.8) is 0 Å². The van der Waals surface area contributed by atoms with Gasteiger partial charge in [-0.15, -0.1) is 0 Å². The van der Waals surface area contributed by atoms with Crippen molar-refractivity contribution in [1.82, 2.24) is 0 Å². The summed E-state index contributed by atoms with van der Waals surface area (Å²) >= 11 is 0. The number of nitriles is 1. The van der Waals surface area contributed by atoms with Crippen LogP contribution in [0.15, 0.2) is 24.3 Å². The van der Waals surface area contributed by atoms with Crippen LogP contribution < -0.4 is 0 Å². The molecule has 1 aromatic carbocycles. The van der Waals surface area contributed by atoms with E-state index >= 15 is 0 Å². The molecule has 3 nitrogen and oxygen atoms in total. The van der Waals surface area contributed by atoms with Crippen LogP contribution in [-0.2, 0) is 4.74 Å². The number of carbonyl (C=O) groups is 1. The van der Waals surface area contributed by atoms with Gasteiger partial charge in [-0.1, -0.05) is 12.1 Å². The summed E-state index contributed by atoms with van der Waals surface area (Å²) in [7, 11) is 0. The van der Waals surface area contributed by atoms with E-state index in [0.717, 1.165) is 0 Å². The maximum atomic E-state index is 11.8. The van der Waals surface area contributed by atoms with Crippen molar-refractivity contribution in [2.24, 2.45) is 0 Å². The SMILES string of the molecule is N#Cc1ccc(C(=O)COCCC(F)(F)F)cc1. The lowest BCUT2D eigenvalue weighted by Crippen LogP contribution is -2.15. The maximum absolute atomic E-state index is 11.8. The topological polar surface area (TPSA) is 50.1 Å². The largest absolute Gasteiger partial charge is 0.391 e. The van der Waals surface area contributed by atoms with E-state index in [1.54, 1.807) is 0 Å². The lowest BCUT2D eigenvalue weighted by Gasteiger charge is -2.06. The number of hydrogen-bond donors (Lipinski definition) is 0. The van der Waals surface area contributed by atoms with E-state index in [1.807, 2.05) is 6.07 Å². The predicted molar refractivity (Wildman–Crippen MR) is 57.0 cm³/mol. The lowest BCUT2D eigenvalue weighted by atomic mass is 10.1. The molecule has 0 heterocycles. The van der Waals surface area contributed by atoms with E-state index in [2.05, 4.69) is 4.74 Å². The zero-order valence-corrected chi connectivity index (χ0v) is 9.33. The molecule has 0 N–H and O–H groups in total. The van der Waals surface area contributed by atoms with Gasteiger partial charge in [0, 0.05) is 5.56 Å². The molecule has 0 aliphatic rings. The zero-order valence-electron chi connectivity index (χ0n) is 9.33. The molecule has 0 amide bonds. The first kappa shape index (κ1) is 14.2. The van der Waals surface area contributed by atoms with E-state index in [9.17, 15) is 18.0 Å². The molecule has 0 aliphatic carbocycles. The van der Waals surface area contributed by atoms with Gasteiger partial charge in [-0.2, -0.15) is 18.4 Å². The number of benzene rings is 1. The van der Waals surface area contributed by atoms with E-state index in [4.69, 9.17) is 5.26 Å². The second kappa shape index (κ2) is 6.17. The minimum Gasteiger partial charge on any atom is -0.373 e. The molecule has 0 radical (unpaired) electrons. The Hall–Kier alpha value is -1.87. The second-order valence-corrected chi connectivity index (χ2v) is 3.53. The fourth-order valence-electron chi connectivity index (χ4n) is 1.17. The molecule has 1 rings (SSSR count). The summed E-state index contributed by atoms with van der Waals surface area (Å²) in [6.45, 7) is -0.937. The van der Waals surface area contributed by atoms with Crippen molar-refractivity contribution in [2.45, 2.75) is 12.6 Å². The van der Waals surface area contributed by atoms with E-state index in [1.165, 1.54) is 24.3 Å². The second-order valence-electron chi connectivity index (χ2n) is 3.53. The first-order chi connectivity index (χ1) is 8.42. The van der Waals surface area contributed by atoms with Crippen molar-refractivity contribution in [2.75, 3.05) is 13.2 Å². The van der Waals surface area contributed by atoms with Gasteiger partial charge in [-0.05, 0) is 12.1 Å². The number of Topliss-reactive ketones (excluding diaryl/α,β-unsaturated/α-hetero) is 1. The predicted octanol–water partition coefficient (Wildman–Crippen LogP) is 2.71. The molecule has 0 aromatic heterocycles. The third-order valence-corrected chi connectivity index (χ3v) is 2.10. The summed E-state index contributed by atoms with van der Waals surface area (Å²) in [6.07, 6.45) is -5.36. The van der Waals surface area contributed by atoms with Gasteiger partial charge in [0.2, 0.25) is 0 Å². The number of halogens is 3. The average Bonchev–Trinajstić information content (AvgIpc) is 2.33. The van der Waals surface area contributed by atoms with Crippen molar-refractivity contribution in [1.29, 1.82) is 5.26 Å². The van der Waals surface area contributed by atoms with E-state index in [0.29, 0.717) is 11.1 Å². The summed E-state index contributed by atoms with van der Waals surface area (Å²) < 4.78 is 40.0. The summed E-state index contributed by atoms with van der Waals surface area (Å²) in [5.41, 5.74) is 0.713. The van der Waals surface area contributed by atoms with Crippen molar-refractivity contribution in [3.8, 4) is 6.07 Å². The average molecular weight is 257 g/mol. The van der Waals surface area contributed by atoms with Gasteiger partial charge in [-0.3, -0.25) is 4.79 Å². The standard InChI is InChI=1S/C12H10F3NO2/c13-12(14,15)5-6-18-8-11(17)10-3-1-9(7-16)2-4-10/h1-4H,5-6,8H2. The number of ether oxygens (including phenoxy) is 1. The van der Waals surface area contributed by atoms with Crippen LogP contribution in [0.5, 0.6) is 0 Å². The van der Waals surface area contributed by atoms with Gasteiger partial charge in [-0.25, -0.2) is 0 Å². The van der Waals surface area contributed by atoms with Gasteiger partial charge in [0.1, 0.15) is 6.61 Å². The van der Waals surface area contributed by atoms with Gasteiger partial charge in [0.15, 0.2) is 5.78 Å². The first-order valence-corrected chi connectivity index (χ1v) is 5.10. The fraction of sp³-hybridized carbons (Fsp3) is 0.333. The van der Waals surface area contributed by atoms with E-state index in [-0.39, 0.29) is 0 Å². The van der Waals surface area contributed by atoms with Crippen LogP contribution in [0, 0.1) is 11.3 Å². The Morgan fingerprint density at radius 2 is 1.89 bits per heavy atom. The summed E-state index contributed by atoms with van der Waals surface area (Å²) in [5.74, 6) is -0.415. The molecule has 6 heteroatoms. The van der Waals surface area contributed by atoms with Crippen molar-refractivity contribution in [3.05, 3.63) is 35.4 Å². The van der Waals surface area contributed by atoms with Gasteiger partial charge < -0.3 is 4.74 Å².